The molecule has 0 saturated heterocycles. The molecule has 0 aliphatic rings. The van der Waals surface area contributed by atoms with Gasteiger partial charge in [-0.2, -0.15) is 0 Å². The zero-order valence-corrected chi connectivity index (χ0v) is 12.6. The Bertz CT molecular complexity index is 284. The molecule has 0 aromatic heterocycles. The van der Waals surface area contributed by atoms with Crippen molar-refractivity contribution in [3.05, 3.63) is 0 Å². The number of carbonyl (C=O) groups is 2. The molecule has 0 heterocycles. The average Bonchev–Trinajstić information content (AvgIpc) is 2.41. The predicted octanol–water partition coefficient (Wildman–Crippen LogP) is 0.269. The standard InChI is InChI=1S/C13H26N2O4/c1-10(13(17)19-5)9-15(3)11(2)12(16)14-7-6-8-18-4/h10-11H,6-9H2,1-5H3,(H,14,16). The van der Waals surface area contributed by atoms with E-state index in [1.807, 2.05) is 18.9 Å². The fraction of sp³-hybridized carbons (Fsp3) is 0.846. The molecule has 19 heavy (non-hydrogen) atoms. The number of esters is 1. The molecule has 112 valence electrons. The fourth-order valence-electron chi connectivity index (χ4n) is 1.64. The summed E-state index contributed by atoms with van der Waals surface area (Å²) in [5.41, 5.74) is 0. The van der Waals surface area contributed by atoms with Crippen LogP contribution in [0.15, 0.2) is 0 Å². The maximum Gasteiger partial charge on any atom is 0.309 e. The van der Waals surface area contributed by atoms with Crippen LogP contribution in [0.4, 0.5) is 0 Å². The number of amides is 1. The molecule has 0 saturated carbocycles. The minimum absolute atomic E-state index is 0.0457. The first-order chi connectivity index (χ1) is 8.93. The van der Waals surface area contributed by atoms with Gasteiger partial charge in [-0.3, -0.25) is 14.5 Å². The number of ether oxygens (including phenoxy) is 2. The Morgan fingerprint density at radius 2 is 1.89 bits per heavy atom. The Morgan fingerprint density at radius 1 is 1.26 bits per heavy atom. The van der Waals surface area contributed by atoms with Crippen LogP contribution in [0, 0.1) is 5.92 Å². The third-order valence-corrected chi connectivity index (χ3v) is 3.03. The van der Waals surface area contributed by atoms with E-state index in [1.54, 1.807) is 14.0 Å². The quantitative estimate of drug-likeness (QED) is 0.483. The van der Waals surface area contributed by atoms with Crippen LogP contribution in [0.2, 0.25) is 0 Å². The molecular weight excluding hydrogens is 248 g/mol. The lowest BCUT2D eigenvalue weighted by atomic mass is 10.1. The summed E-state index contributed by atoms with van der Waals surface area (Å²) in [5.74, 6) is -0.561. The second-order valence-corrected chi connectivity index (χ2v) is 4.68. The maximum absolute atomic E-state index is 11.9. The highest BCUT2D eigenvalue weighted by atomic mass is 16.5. The number of nitrogens with zero attached hydrogens (tertiary/aromatic N) is 1. The van der Waals surface area contributed by atoms with Crippen molar-refractivity contribution in [2.45, 2.75) is 26.3 Å². The molecule has 0 spiro atoms. The lowest BCUT2D eigenvalue weighted by Crippen LogP contribution is -2.45. The van der Waals surface area contributed by atoms with Crippen LogP contribution in [-0.2, 0) is 19.1 Å². The number of rotatable bonds is 9. The van der Waals surface area contributed by atoms with Gasteiger partial charge in [-0.25, -0.2) is 0 Å². The topological polar surface area (TPSA) is 67.9 Å². The molecule has 2 unspecified atom stereocenters. The number of methoxy groups -OCH3 is 2. The summed E-state index contributed by atoms with van der Waals surface area (Å²) in [7, 11) is 4.82. The highest BCUT2D eigenvalue weighted by Gasteiger charge is 2.22. The van der Waals surface area contributed by atoms with E-state index in [2.05, 4.69) is 10.1 Å². The van der Waals surface area contributed by atoms with Gasteiger partial charge in [0.15, 0.2) is 0 Å². The fourth-order valence-corrected chi connectivity index (χ4v) is 1.64. The van der Waals surface area contributed by atoms with Gasteiger partial charge in [-0.1, -0.05) is 6.92 Å². The SMILES string of the molecule is COCCCNC(=O)C(C)N(C)CC(C)C(=O)OC. The molecule has 1 amide bonds. The van der Waals surface area contributed by atoms with Gasteiger partial charge in [0, 0.05) is 26.8 Å². The number of likely N-dealkylation sites (N-methyl/N-ethyl adjacent to an activating group) is 1. The maximum atomic E-state index is 11.9. The normalized spacial score (nSPS) is 14.0. The summed E-state index contributed by atoms with van der Waals surface area (Å²) in [4.78, 5) is 25.0. The highest BCUT2D eigenvalue weighted by molar-refractivity contribution is 5.81. The largest absolute Gasteiger partial charge is 0.469 e. The Balaban J connectivity index is 4.06. The van der Waals surface area contributed by atoms with Gasteiger partial charge in [-0.15, -0.1) is 0 Å². The van der Waals surface area contributed by atoms with E-state index < -0.39 is 0 Å². The predicted molar refractivity (Wildman–Crippen MR) is 72.8 cm³/mol. The third-order valence-electron chi connectivity index (χ3n) is 3.03. The van der Waals surface area contributed by atoms with Crippen LogP contribution in [0.1, 0.15) is 20.3 Å². The molecule has 0 bridgehead atoms. The van der Waals surface area contributed by atoms with E-state index in [0.29, 0.717) is 19.7 Å². The van der Waals surface area contributed by atoms with E-state index in [0.717, 1.165) is 6.42 Å². The molecule has 0 radical (unpaired) electrons. The zero-order chi connectivity index (χ0) is 14.8. The van der Waals surface area contributed by atoms with Crippen LogP contribution in [-0.4, -0.2) is 63.8 Å². The number of hydrogen-bond donors (Lipinski definition) is 1. The molecule has 6 nitrogen and oxygen atoms in total. The van der Waals surface area contributed by atoms with Crippen LogP contribution < -0.4 is 5.32 Å². The van der Waals surface area contributed by atoms with Crippen LogP contribution in [0.25, 0.3) is 0 Å². The molecule has 0 rings (SSSR count). The molecule has 6 heteroatoms. The van der Waals surface area contributed by atoms with Crippen molar-refractivity contribution >= 4 is 11.9 Å². The molecule has 0 aliphatic heterocycles. The lowest BCUT2D eigenvalue weighted by Gasteiger charge is -2.25. The molecule has 0 fully saturated rings. The van der Waals surface area contributed by atoms with E-state index in [9.17, 15) is 9.59 Å². The second kappa shape index (κ2) is 9.75. The third kappa shape index (κ3) is 7.12. The van der Waals surface area contributed by atoms with Crippen molar-refractivity contribution in [3.63, 3.8) is 0 Å². The van der Waals surface area contributed by atoms with Crippen molar-refractivity contribution in [1.82, 2.24) is 10.2 Å². The number of hydrogen-bond acceptors (Lipinski definition) is 5. The van der Waals surface area contributed by atoms with Crippen molar-refractivity contribution in [1.29, 1.82) is 0 Å². The highest BCUT2D eigenvalue weighted by Crippen LogP contribution is 2.04. The molecule has 1 N–H and O–H groups in total. The summed E-state index contributed by atoms with van der Waals surface area (Å²) in [6.45, 7) is 5.31. The monoisotopic (exact) mass is 274 g/mol. The van der Waals surface area contributed by atoms with E-state index >= 15 is 0 Å². The van der Waals surface area contributed by atoms with Gasteiger partial charge >= 0.3 is 5.97 Å². The first-order valence-electron chi connectivity index (χ1n) is 6.48. The van der Waals surface area contributed by atoms with E-state index in [1.165, 1.54) is 7.11 Å². The number of nitrogens with one attached hydrogen (secondary N) is 1. The number of carbonyl (C=O) groups excluding carboxylic acids is 2. The van der Waals surface area contributed by atoms with Crippen molar-refractivity contribution in [2.75, 3.05) is 41.0 Å². The average molecular weight is 274 g/mol. The molecule has 0 aromatic rings. The summed E-state index contributed by atoms with van der Waals surface area (Å²) in [6, 6.07) is -0.283. The van der Waals surface area contributed by atoms with Gasteiger partial charge in [0.05, 0.1) is 19.1 Å². The molecule has 0 aromatic carbocycles. The Labute approximate surface area is 115 Å². The van der Waals surface area contributed by atoms with Crippen LogP contribution in [0.5, 0.6) is 0 Å². The summed E-state index contributed by atoms with van der Waals surface area (Å²) in [5, 5.41) is 2.84. The summed E-state index contributed by atoms with van der Waals surface area (Å²) >= 11 is 0. The first-order valence-corrected chi connectivity index (χ1v) is 6.48. The van der Waals surface area contributed by atoms with E-state index in [4.69, 9.17) is 4.74 Å². The van der Waals surface area contributed by atoms with Crippen molar-refractivity contribution in [2.24, 2.45) is 5.92 Å². The van der Waals surface area contributed by atoms with Gasteiger partial charge in [0.25, 0.3) is 0 Å². The minimum atomic E-state index is -0.283. The Hall–Kier alpha value is -1.14. The minimum Gasteiger partial charge on any atom is -0.469 e. The van der Waals surface area contributed by atoms with Crippen LogP contribution in [0.3, 0.4) is 0 Å². The molecule has 2 atom stereocenters. The van der Waals surface area contributed by atoms with Crippen LogP contribution >= 0.6 is 0 Å². The zero-order valence-electron chi connectivity index (χ0n) is 12.6. The van der Waals surface area contributed by atoms with Crippen molar-refractivity contribution in [3.8, 4) is 0 Å². The summed E-state index contributed by atoms with van der Waals surface area (Å²) < 4.78 is 9.57. The van der Waals surface area contributed by atoms with Crippen molar-refractivity contribution < 1.29 is 19.1 Å². The molecular formula is C13H26N2O4. The van der Waals surface area contributed by atoms with Gasteiger partial charge in [0.1, 0.15) is 0 Å². The molecule has 0 aliphatic carbocycles. The Kier molecular flexibility index (Phi) is 9.16. The first kappa shape index (κ1) is 17.9. The Morgan fingerprint density at radius 3 is 2.42 bits per heavy atom. The van der Waals surface area contributed by atoms with E-state index in [-0.39, 0.29) is 23.8 Å². The lowest BCUT2D eigenvalue weighted by molar-refractivity contribution is -0.146. The van der Waals surface area contributed by atoms with Gasteiger partial charge < -0.3 is 14.8 Å². The van der Waals surface area contributed by atoms with Gasteiger partial charge in [0.2, 0.25) is 5.91 Å². The summed E-state index contributed by atoms with van der Waals surface area (Å²) in [6.07, 6.45) is 0.789. The smallest absolute Gasteiger partial charge is 0.309 e. The van der Waals surface area contributed by atoms with Gasteiger partial charge in [-0.05, 0) is 20.4 Å². The second-order valence-electron chi connectivity index (χ2n) is 4.68.